The van der Waals surface area contributed by atoms with Gasteiger partial charge in [-0.1, -0.05) is 259 Å². The largest absolute Gasteiger partial charge is 0.462 e. The van der Waals surface area contributed by atoms with Crippen molar-refractivity contribution in [3.63, 3.8) is 0 Å². The Morgan fingerprint density at radius 1 is 0.317 bits per heavy atom. The molecular weight excluding hydrogens is 745 g/mol. The minimum Gasteiger partial charge on any atom is -0.462 e. The minimum atomic E-state index is -0.762. The molecule has 1 atom stereocenters. The molecule has 0 aromatic carbocycles. The molecule has 0 bridgehead atoms. The topological polar surface area (TPSA) is 78.9 Å². The van der Waals surface area contributed by atoms with Crippen LogP contribution in [0.3, 0.4) is 0 Å². The monoisotopic (exact) mass is 849 g/mol. The molecule has 0 aromatic heterocycles. The number of esters is 3. The summed E-state index contributed by atoms with van der Waals surface area (Å²) in [5, 5.41) is 0. The van der Waals surface area contributed by atoms with E-state index in [2.05, 4.69) is 34.6 Å². The van der Waals surface area contributed by atoms with E-state index < -0.39 is 6.10 Å². The second-order valence-corrected chi connectivity index (χ2v) is 19.5. The Bertz CT molecular complexity index is 916. The molecule has 0 heterocycles. The van der Waals surface area contributed by atoms with Crippen molar-refractivity contribution in [3.05, 3.63) is 0 Å². The molecule has 60 heavy (non-hydrogen) atoms. The number of carbonyl (C=O) groups excluding carboxylic acids is 3. The van der Waals surface area contributed by atoms with Crippen LogP contribution in [0.4, 0.5) is 0 Å². The number of hydrogen-bond acceptors (Lipinski definition) is 6. The first kappa shape index (κ1) is 58.4. The molecule has 0 aliphatic carbocycles. The van der Waals surface area contributed by atoms with E-state index in [0.29, 0.717) is 19.3 Å². The molecule has 0 aliphatic heterocycles. The zero-order chi connectivity index (χ0) is 44.0. The first-order chi connectivity index (χ1) is 29.2. The van der Waals surface area contributed by atoms with Crippen LogP contribution in [0.1, 0.15) is 298 Å². The number of ether oxygens (including phenoxy) is 3. The maximum absolute atomic E-state index is 12.8. The molecule has 0 unspecified atom stereocenters. The fraction of sp³-hybridized carbons (Fsp3) is 0.944. The molecule has 0 rings (SSSR count). The average molecular weight is 849 g/mol. The summed E-state index contributed by atoms with van der Waals surface area (Å²) >= 11 is 0. The molecule has 0 saturated carbocycles. The van der Waals surface area contributed by atoms with E-state index in [-0.39, 0.29) is 31.1 Å². The van der Waals surface area contributed by atoms with E-state index in [1.807, 2.05) is 0 Å². The fourth-order valence-electron chi connectivity index (χ4n) is 8.17. The molecule has 0 aliphatic rings. The van der Waals surface area contributed by atoms with Crippen LogP contribution in [-0.4, -0.2) is 37.2 Å². The van der Waals surface area contributed by atoms with Crippen LogP contribution >= 0.6 is 0 Å². The Morgan fingerprint density at radius 2 is 0.550 bits per heavy atom. The van der Waals surface area contributed by atoms with Crippen LogP contribution < -0.4 is 0 Å². The lowest BCUT2D eigenvalue weighted by Crippen LogP contribution is -2.30. The van der Waals surface area contributed by atoms with Crippen LogP contribution in [0.5, 0.6) is 0 Å². The second-order valence-electron chi connectivity index (χ2n) is 19.5. The van der Waals surface area contributed by atoms with Gasteiger partial charge >= 0.3 is 17.9 Å². The van der Waals surface area contributed by atoms with Gasteiger partial charge in [0.05, 0.1) is 0 Å². The predicted molar refractivity (Wildman–Crippen MR) is 256 cm³/mol. The number of rotatable bonds is 48. The van der Waals surface area contributed by atoms with Crippen molar-refractivity contribution >= 4 is 17.9 Å². The second kappa shape index (κ2) is 46.9. The van der Waals surface area contributed by atoms with E-state index in [1.54, 1.807) is 0 Å². The smallest absolute Gasteiger partial charge is 0.306 e. The summed E-state index contributed by atoms with van der Waals surface area (Å²) in [7, 11) is 0. The van der Waals surface area contributed by atoms with Gasteiger partial charge in [-0.15, -0.1) is 0 Å². The molecule has 356 valence electrons. The van der Waals surface area contributed by atoms with Gasteiger partial charge in [-0.25, -0.2) is 0 Å². The van der Waals surface area contributed by atoms with Gasteiger partial charge in [0.15, 0.2) is 6.10 Å². The number of hydrogen-bond donors (Lipinski definition) is 0. The third-order valence-electron chi connectivity index (χ3n) is 12.2. The molecule has 6 heteroatoms. The quantitative estimate of drug-likeness (QED) is 0.0345. The van der Waals surface area contributed by atoms with Crippen LogP contribution in [0.25, 0.3) is 0 Å². The molecule has 0 fully saturated rings. The maximum Gasteiger partial charge on any atom is 0.306 e. The lowest BCUT2D eigenvalue weighted by Gasteiger charge is -2.18. The highest BCUT2D eigenvalue weighted by molar-refractivity contribution is 5.71. The maximum atomic E-state index is 12.8. The van der Waals surface area contributed by atoms with Crippen LogP contribution in [0, 0.1) is 11.8 Å². The van der Waals surface area contributed by atoms with Gasteiger partial charge in [0, 0.05) is 19.3 Å². The van der Waals surface area contributed by atoms with Gasteiger partial charge < -0.3 is 14.2 Å². The van der Waals surface area contributed by atoms with Gasteiger partial charge in [-0.2, -0.15) is 0 Å². The van der Waals surface area contributed by atoms with Crippen molar-refractivity contribution in [2.75, 3.05) is 13.2 Å². The molecular formula is C54H104O6. The van der Waals surface area contributed by atoms with Crippen molar-refractivity contribution in [3.8, 4) is 0 Å². The van der Waals surface area contributed by atoms with Gasteiger partial charge in [0.1, 0.15) is 13.2 Å². The lowest BCUT2D eigenvalue weighted by molar-refractivity contribution is -0.167. The molecule has 0 saturated heterocycles. The summed E-state index contributed by atoms with van der Waals surface area (Å²) in [5.74, 6) is 0.778. The van der Waals surface area contributed by atoms with Crippen LogP contribution in [0.2, 0.25) is 0 Å². The third kappa shape index (κ3) is 47.5. The van der Waals surface area contributed by atoms with Crippen molar-refractivity contribution in [1.29, 1.82) is 0 Å². The third-order valence-corrected chi connectivity index (χ3v) is 12.2. The molecule has 0 amide bonds. The molecule has 0 spiro atoms. The van der Waals surface area contributed by atoms with Gasteiger partial charge in [-0.05, 0) is 31.1 Å². The molecule has 0 N–H and O–H groups in total. The normalized spacial score (nSPS) is 12.1. The van der Waals surface area contributed by atoms with Gasteiger partial charge in [0.2, 0.25) is 0 Å². The van der Waals surface area contributed by atoms with E-state index in [0.717, 1.165) is 69.6 Å². The van der Waals surface area contributed by atoms with Crippen molar-refractivity contribution in [2.24, 2.45) is 11.8 Å². The molecule has 0 radical (unpaired) electrons. The Kier molecular flexibility index (Phi) is 45.7. The Morgan fingerprint density at radius 3 is 0.817 bits per heavy atom. The van der Waals surface area contributed by atoms with Crippen LogP contribution in [-0.2, 0) is 28.6 Å². The zero-order valence-electron chi connectivity index (χ0n) is 41.1. The van der Waals surface area contributed by atoms with Crippen molar-refractivity contribution in [1.82, 2.24) is 0 Å². The van der Waals surface area contributed by atoms with E-state index in [4.69, 9.17) is 14.2 Å². The first-order valence-corrected chi connectivity index (χ1v) is 26.7. The summed E-state index contributed by atoms with van der Waals surface area (Å²) in [6.45, 7) is 11.3. The van der Waals surface area contributed by atoms with Crippen LogP contribution in [0.15, 0.2) is 0 Å². The van der Waals surface area contributed by atoms with E-state index in [1.165, 1.54) is 186 Å². The summed E-state index contributed by atoms with van der Waals surface area (Å²) in [4.78, 5) is 37.9. The SMILES string of the molecule is CCCCCCCCCCCCCCCCCC(=O)O[C@H](COC(=O)CCCCCCCCCCCCCCCCC(C)C)COC(=O)CCCCCCCCCC(C)C. The van der Waals surface area contributed by atoms with E-state index in [9.17, 15) is 14.4 Å². The van der Waals surface area contributed by atoms with Gasteiger partial charge in [0.25, 0.3) is 0 Å². The highest BCUT2D eigenvalue weighted by Gasteiger charge is 2.19. The molecule has 0 aromatic rings. The minimum absolute atomic E-state index is 0.0638. The summed E-state index contributed by atoms with van der Waals surface area (Å²) < 4.78 is 16.8. The number of carbonyl (C=O) groups is 3. The Hall–Kier alpha value is -1.59. The van der Waals surface area contributed by atoms with E-state index >= 15 is 0 Å². The Labute approximate surface area is 374 Å². The molecule has 6 nitrogen and oxygen atoms in total. The first-order valence-electron chi connectivity index (χ1n) is 26.7. The zero-order valence-corrected chi connectivity index (χ0v) is 41.1. The van der Waals surface area contributed by atoms with Gasteiger partial charge in [-0.3, -0.25) is 14.4 Å². The highest BCUT2D eigenvalue weighted by atomic mass is 16.6. The van der Waals surface area contributed by atoms with Crippen molar-refractivity contribution < 1.29 is 28.6 Å². The summed E-state index contributed by atoms with van der Waals surface area (Å²) in [6, 6.07) is 0. The standard InChI is InChI=1S/C54H104O6/c1-6-7-8-9-10-11-12-13-14-19-22-25-30-36-41-46-54(57)60-51(48-59-53(56)45-40-35-31-26-28-33-38-43-50(4)5)47-58-52(55)44-39-34-29-24-21-18-16-15-17-20-23-27-32-37-42-49(2)3/h49-51H,6-48H2,1-5H3/t51-/m1/s1. The highest BCUT2D eigenvalue weighted by Crippen LogP contribution is 2.17. The average Bonchev–Trinajstić information content (AvgIpc) is 3.22. The fourth-order valence-corrected chi connectivity index (χ4v) is 8.17. The number of unbranched alkanes of at least 4 members (excludes halogenated alkanes) is 33. The van der Waals surface area contributed by atoms with Crippen molar-refractivity contribution in [2.45, 2.75) is 304 Å². The predicted octanol–water partition coefficient (Wildman–Crippen LogP) is 17.3. The summed E-state index contributed by atoms with van der Waals surface area (Å²) in [6.07, 6.45) is 48.1. The Balaban J connectivity index is 4.27. The summed E-state index contributed by atoms with van der Waals surface area (Å²) in [5.41, 5.74) is 0. The lowest BCUT2D eigenvalue weighted by atomic mass is 10.0.